The van der Waals surface area contributed by atoms with Gasteiger partial charge in [0.05, 0.1) is 0 Å². The van der Waals surface area contributed by atoms with E-state index >= 15 is 0 Å². The fraction of sp³-hybridized carbons (Fsp3) is 0.667. The van der Waals surface area contributed by atoms with Gasteiger partial charge in [-0.1, -0.05) is 32.4 Å². The van der Waals surface area contributed by atoms with Crippen molar-refractivity contribution in [2.24, 2.45) is 5.92 Å². The first-order chi connectivity index (χ1) is 8.13. The van der Waals surface area contributed by atoms with Crippen molar-refractivity contribution in [3.8, 4) is 0 Å². The summed E-state index contributed by atoms with van der Waals surface area (Å²) >= 11 is 0. The van der Waals surface area contributed by atoms with E-state index in [1.807, 2.05) is 12.2 Å². The highest BCUT2D eigenvalue weighted by atomic mass is 16.5. The van der Waals surface area contributed by atoms with Crippen molar-refractivity contribution in [3.63, 3.8) is 0 Å². The van der Waals surface area contributed by atoms with Gasteiger partial charge in [-0.05, 0) is 31.6 Å². The molecule has 0 aromatic heterocycles. The Morgan fingerprint density at radius 2 is 2.12 bits per heavy atom. The summed E-state index contributed by atoms with van der Waals surface area (Å²) in [6.07, 6.45) is 8.84. The van der Waals surface area contributed by atoms with Crippen LogP contribution in [0.5, 0.6) is 0 Å². The predicted octanol–water partition coefficient (Wildman–Crippen LogP) is 4.27. The van der Waals surface area contributed by atoms with Crippen LogP contribution in [0.15, 0.2) is 25.3 Å². The van der Waals surface area contributed by atoms with Gasteiger partial charge < -0.3 is 4.74 Å². The molecule has 0 aromatic rings. The molecule has 0 aliphatic rings. The summed E-state index contributed by atoms with van der Waals surface area (Å²) < 4.78 is 5.49. The lowest BCUT2D eigenvalue weighted by molar-refractivity contribution is -0.150. The molecule has 0 saturated carbocycles. The van der Waals surface area contributed by atoms with E-state index in [1.54, 1.807) is 0 Å². The molecule has 0 N–H and O–H groups in total. The van der Waals surface area contributed by atoms with E-state index in [9.17, 15) is 4.79 Å². The Bertz CT molecular complexity index is 233. The number of hydrogen-bond acceptors (Lipinski definition) is 2. The third-order valence-electron chi connectivity index (χ3n) is 2.73. The first-order valence-electron chi connectivity index (χ1n) is 6.56. The second kappa shape index (κ2) is 10.1. The molecule has 0 radical (unpaired) electrons. The summed E-state index contributed by atoms with van der Waals surface area (Å²) in [5.74, 6) is 0.314. The number of ether oxygens (including phenoxy) is 1. The molecule has 0 aliphatic heterocycles. The number of hydrogen-bond donors (Lipinski definition) is 0. The molecular weight excluding hydrogens is 212 g/mol. The fourth-order valence-electron chi connectivity index (χ4n) is 1.69. The SMILES string of the molecule is C=CCCCC(=O)O[C@H](CCC)C[C@@H](C)C=C. The minimum atomic E-state index is -0.0819. The van der Waals surface area contributed by atoms with Crippen LogP contribution in [0.25, 0.3) is 0 Å². The van der Waals surface area contributed by atoms with Gasteiger partial charge in [0.2, 0.25) is 0 Å². The number of carbonyl (C=O) groups excluding carboxylic acids is 1. The second-order valence-corrected chi connectivity index (χ2v) is 4.53. The molecule has 0 rings (SSSR count). The van der Waals surface area contributed by atoms with Crippen LogP contribution in [-0.2, 0) is 9.53 Å². The van der Waals surface area contributed by atoms with Gasteiger partial charge in [0, 0.05) is 6.42 Å². The highest BCUT2D eigenvalue weighted by molar-refractivity contribution is 5.69. The Balaban J connectivity index is 4.00. The van der Waals surface area contributed by atoms with Crippen molar-refractivity contribution in [3.05, 3.63) is 25.3 Å². The average Bonchev–Trinajstić information content (AvgIpc) is 2.29. The Hall–Kier alpha value is -1.05. The van der Waals surface area contributed by atoms with Crippen LogP contribution in [0.1, 0.15) is 52.4 Å². The molecule has 0 spiro atoms. The van der Waals surface area contributed by atoms with Gasteiger partial charge in [-0.25, -0.2) is 0 Å². The normalized spacial score (nSPS) is 13.8. The van der Waals surface area contributed by atoms with Crippen LogP contribution in [0.2, 0.25) is 0 Å². The monoisotopic (exact) mass is 238 g/mol. The van der Waals surface area contributed by atoms with E-state index in [4.69, 9.17) is 4.74 Å². The van der Waals surface area contributed by atoms with E-state index in [1.165, 1.54) is 0 Å². The molecule has 17 heavy (non-hydrogen) atoms. The summed E-state index contributed by atoms with van der Waals surface area (Å²) in [5, 5.41) is 0. The standard InChI is InChI=1S/C15H26O2/c1-5-8-9-11-15(16)17-14(10-6-2)12-13(4)7-3/h5,7,13-14H,1,3,6,8-12H2,2,4H3/t13-,14+/m0/s1. The summed E-state index contributed by atoms with van der Waals surface area (Å²) in [6, 6.07) is 0. The topological polar surface area (TPSA) is 26.3 Å². The molecular formula is C15H26O2. The van der Waals surface area contributed by atoms with Crippen LogP contribution in [0.4, 0.5) is 0 Å². The van der Waals surface area contributed by atoms with Crippen molar-refractivity contribution in [2.75, 3.05) is 0 Å². The molecule has 2 nitrogen and oxygen atoms in total. The van der Waals surface area contributed by atoms with Crippen LogP contribution < -0.4 is 0 Å². The van der Waals surface area contributed by atoms with Crippen LogP contribution in [-0.4, -0.2) is 12.1 Å². The van der Waals surface area contributed by atoms with Crippen molar-refractivity contribution in [1.29, 1.82) is 0 Å². The van der Waals surface area contributed by atoms with E-state index in [0.29, 0.717) is 12.3 Å². The molecule has 0 amide bonds. The van der Waals surface area contributed by atoms with Crippen molar-refractivity contribution < 1.29 is 9.53 Å². The lowest BCUT2D eigenvalue weighted by Gasteiger charge is -2.19. The van der Waals surface area contributed by atoms with Gasteiger partial charge in [0.1, 0.15) is 6.10 Å². The van der Waals surface area contributed by atoms with Crippen molar-refractivity contribution in [2.45, 2.75) is 58.5 Å². The van der Waals surface area contributed by atoms with E-state index in [-0.39, 0.29) is 12.1 Å². The number of carbonyl (C=O) groups is 1. The molecule has 2 heteroatoms. The summed E-state index contributed by atoms with van der Waals surface area (Å²) in [5.41, 5.74) is 0. The predicted molar refractivity (Wildman–Crippen MR) is 72.8 cm³/mol. The van der Waals surface area contributed by atoms with Gasteiger partial charge in [0.25, 0.3) is 0 Å². The Labute approximate surface area is 106 Å². The molecule has 0 aromatic carbocycles. The average molecular weight is 238 g/mol. The van der Waals surface area contributed by atoms with Gasteiger partial charge in [-0.15, -0.1) is 13.2 Å². The third kappa shape index (κ3) is 8.73. The molecule has 98 valence electrons. The summed E-state index contributed by atoms with van der Waals surface area (Å²) in [6.45, 7) is 11.6. The first-order valence-corrected chi connectivity index (χ1v) is 6.56. The Morgan fingerprint density at radius 1 is 1.41 bits per heavy atom. The molecule has 0 saturated heterocycles. The zero-order chi connectivity index (χ0) is 13.1. The second-order valence-electron chi connectivity index (χ2n) is 4.53. The number of allylic oxidation sites excluding steroid dienone is 2. The summed E-state index contributed by atoms with van der Waals surface area (Å²) in [7, 11) is 0. The quantitative estimate of drug-likeness (QED) is 0.323. The third-order valence-corrected chi connectivity index (χ3v) is 2.73. The van der Waals surface area contributed by atoms with Crippen molar-refractivity contribution >= 4 is 5.97 Å². The van der Waals surface area contributed by atoms with Crippen LogP contribution >= 0.6 is 0 Å². The molecule has 0 bridgehead atoms. The highest BCUT2D eigenvalue weighted by Crippen LogP contribution is 2.16. The zero-order valence-corrected chi connectivity index (χ0v) is 11.3. The number of esters is 1. The fourth-order valence-corrected chi connectivity index (χ4v) is 1.69. The van der Waals surface area contributed by atoms with Crippen LogP contribution in [0, 0.1) is 5.92 Å². The molecule has 0 heterocycles. The van der Waals surface area contributed by atoms with Crippen molar-refractivity contribution in [1.82, 2.24) is 0 Å². The Kier molecular flexibility index (Phi) is 9.50. The Morgan fingerprint density at radius 3 is 2.65 bits per heavy atom. The molecule has 0 aliphatic carbocycles. The van der Waals surface area contributed by atoms with E-state index < -0.39 is 0 Å². The maximum absolute atomic E-state index is 11.6. The first kappa shape index (κ1) is 16.0. The van der Waals surface area contributed by atoms with Gasteiger partial charge in [0.15, 0.2) is 0 Å². The largest absolute Gasteiger partial charge is 0.462 e. The van der Waals surface area contributed by atoms with E-state index in [2.05, 4.69) is 27.0 Å². The maximum atomic E-state index is 11.6. The van der Waals surface area contributed by atoms with Gasteiger partial charge in [-0.3, -0.25) is 4.79 Å². The molecule has 0 fully saturated rings. The smallest absolute Gasteiger partial charge is 0.306 e. The minimum absolute atomic E-state index is 0.0456. The van der Waals surface area contributed by atoms with Crippen LogP contribution in [0.3, 0.4) is 0 Å². The number of unbranched alkanes of at least 4 members (excludes halogenated alkanes) is 1. The lowest BCUT2D eigenvalue weighted by atomic mass is 10.0. The maximum Gasteiger partial charge on any atom is 0.306 e. The number of rotatable bonds is 10. The zero-order valence-electron chi connectivity index (χ0n) is 11.3. The van der Waals surface area contributed by atoms with E-state index in [0.717, 1.165) is 32.1 Å². The summed E-state index contributed by atoms with van der Waals surface area (Å²) in [4.78, 5) is 11.6. The molecule has 2 atom stereocenters. The van der Waals surface area contributed by atoms with Gasteiger partial charge in [-0.2, -0.15) is 0 Å². The molecule has 0 unspecified atom stereocenters. The highest BCUT2D eigenvalue weighted by Gasteiger charge is 2.15. The van der Waals surface area contributed by atoms with Gasteiger partial charge >= 0.3 is 5.97 Å². The minimum Gasteiger partial charge on any atom is -0.462 e. The lowest BCUT2D eigenvalue weighted by Crippen LogP contribution is -2.20.